The molecule has 0 aromatic heterocycles. The first kappa shape index (κ1) is 10.6. The van der Waals surface area contributed by atoms with Gasteiger partial charge in [0.25, 0.3) is 0 Å². The van der Waals surface area contributed by atoms with E-state index >= 15 is 0 Å². The maximum absolute atomic E-state index is 11.2. The Balaban J connectivity index is 2.73. The van der Waals surface area contributed by atoms with Crippen LogP contribution in [0.4, 0.5) is 0 Å². The van der Waals surface area contributed by atoms with Crippen molar-refractivity contribution in [2.24, 2.45) is 17.3 Å². The summed E-state index contributed by atoms with van der Waals surface area (Å²) in [6, 6.07) is 0. The van der Waals surface area contributed by atoms with Gasteiger partial charge >= 0.3 is 0 Å². The van der Waals surface area contributed by atoms with Crippen molar-refractivity contribution >= 4 is 5.91 Å². The highest BCUT2D eigenvalue weighted by Crippen LogP contribution is 2.39. The third kappa shape index (κ3) is 1.87. The van der Waals surface area contributed by atoms with Gasteiger partial charge in [0.15, 0.2) is 0 Å². The highest BCUT2D eigenvalue weighted by atomic mass is 16.2. The number of likely N-dealkylation sites (tertiary alicyclic amines) is 1. The van der Waals surface area contributed by atoms with Crippen LogP contribution in [0, 0.1) is 17.3 Å². The van der Waals surface area contributed by atoms with Crippen LogP contribution >= 0.6 is 0 Å². The lowest BCUT2D eigenvalue weighted by molar-refractivity contribution is -0.134. The van der Waals surface area contributed by atoms with Crippen LogP contribution in [0.2, 0.25) is 0 Å². The van der Waals surface area contributed by atoms with Gasteiger partial charge in [-0.25, -0.2) is 0 Å². The maximum Gasteiger partial charge on any atom is 0.219 e. The Hall–Kier alpha value is -0.530. The molecule has 2 heteroatoms. The van der Waals surface area contributed by atoms with Gasteiger partial charge in [0.2, 0.25) is 5.91 Å². The fraction of sp³-hybridized carbons (Fsp3) is 0.909. The van der Waals surface area contributed by atoms with E-state index < -0.39 is 0 Å². The number of rotatable bonds is 0. The van der Waals surface area contributed by atoms with Gasteiger partial charge in [-0.3, -0.25) is 4.79 Å². The van der Waals surface area contributed by atoms with E-state index in [0.717, 1.165) is 13.1 Å². The van der Waals surface area contributed by atoms with Crippen LogP contribution in [-0.4, -0.2) is 23.9 Å². The molecular formula is C11H21NO. The third-order valence-corrected chi connectivity index (χ3v) is 3.97. The van der Waals surface area contributed by atoms with E-state index in [1.54, 1.807) is 6.92 Å². The molecule has 0 aromatic carbocycles. The average molecular weight is 183 g/mol. The SMILES string of the molecule is CC(=O)N1CC(C)C(C)(C)C(C)C1. The molecular weight excluding hydrogens is 162 g/mol. The Morgan fingerprint density at radius 3 is 1.92 bits per heavy atom. The molecule has 76 valence electrons. The smallest absolute Gasteiger partial charge is 0.219 e. The van der Waals surface area contributed by atoms with Gasteiger partial charge in [-0.2, -0.15) is 0 Å². The Bertz CT molecular complexity index is 196. The second-order valence-corrected chi connectivity index (χ2v) is 5.05. The van der Waals surface area contributed by atoms with Crippen molar-refractivity contribution in [1.82, 2.24) is 4.90 Å². The summed E-state index contributed by atoms with van der Waals surface area (Å²) in [5, 5.41) is 0. The number of carbonyl (C=O) groups excluding carboxylic acids is 1. The molecule has 1 saturated heterocycles. The van der Waals surface area contributed by atoms with Gasteiger partial charge in [-0.15, -0.1) is 0 Å². The lowest BCUT2D eigenvalue weighted by atomic mass is 9.68. The van der Waals surface area contributed by atoms with Crippen molar-refractivity contribution in [2.45, 2.75) is 34.6 Å². The first-order chi connectivity index (χ1) is 5.85. The Kier molecular flexibility index (Phi) is 2.69. The Morgan fingerprint density at radius 2 is 1.62 bits per heavy atom. The van der Waals surface area contributed by atoms with Gasteiger partial charge in [0, 0.05) is 20.0 Å². The topological polar surface area (TPSA) is 20.3 Å². The van der Waals surface area contributed by atoms with Crippen molar-refractivity contribution < 1.29 is 4.79 Å². The molecule has 1 heterocycles. The molecule has 0 aromatic rings. The summed E-state index contributed by atoms with van der Waals surface area (Å²) in [6.45, 7) is 12.6. The predicted octanol–water partition coefficient (Wildman–Crippen LogP) is 2.15. The van der Waals surface area contributed by atoms with Crippen molar-refractivity contribution in [3.63, 3.8) is 0 Å². The molecule has 2 nitrogen and oxygen atoms in total. The summed E-state index contributed by atoms with van der Waals surface area (Å²) < 4.78 is 0. The summed E-state index contributed by atoms with van der Waals surface area (Å²) in [4.78, 5) is 13.2. The van der Waals surface area contributed by atoms with Crippen LogP contribution in [0.3, 0.4) is 0 Å². The summed E-state index contributed by atoms with van der Waals surface area (Å²) >= 11 is 0. The number of hydrogen-bond acceptors (Lipinski definition) is 1. The molecule has 1 aliphatic rings. The minimum absolute atomic E-state index is 0.217. The average Bonchev–Trinajstić information content (AvgIpc) is 2.00. The molecule has 0 saturated carbocycles. The molecule has 0 radical (unpaired) electrons. The van der Waals surface area contributed by atoms with Crippen LogP contribution in [0.15, 0.2) is 0 Å². The van der Waals surface area contributed by atoms with Gasteiger partial charge in [-0.05, 0) is 17.3 Å². The monoisotopic (exact) mass is 183 g/mol. The van der Waals surface area contributed by atoms with E-state index in [4.69, 9.17) is 0 Å². The minimum Gasteiger partial charge on any atom is -0.342 e. The molecule has 1 amide bonds. The number of nitrogens with zero attached hydrogens (tertiary/aromatic N) is 1. The van der Waals surface area contributed by atoms with E-state index in [1.807, 2.05) is 4.90 Å². The quantitative estimate of drug-likeness (QED) is 0.563. The van der Waals surface area contributed by atoms with Crippen molar-refractivity contribution in [3.05, 3.63) is 0 Å². The summed E-state index contributed by atoms with van der Waals surface area (Å²) in [6.07, 6.45) is 0. The molecule has 13 heavy (non-hydrogen) atoms. The largest absolute Gasteiger partial charge is 0.342 e. The minimum atomic E-state index is 0.217. The van der Waals surface area contributed by atoms with E-state index in [9.17, 15) is 4.79 Å². The van der Waals surface area contributed by atoms with Crippen molar-refractivity contribution in [3.8, 4) is 0 Å². The normalized spacial score (nSPS) is 33.2. The summed E-state index contributed by atoms with van der Waals surface area (Å²) in [5.41, 5.74) is 0.367. The van der Waals surface area contributed by atoms with Crippen LogP contribution in [0.5, 0.6) is 0 Å². The van der Waals surface area contributed by atoms with E-state index in [1.165, 1.54) is 0 Å². The van der Waals surface area contributed by atoms with Crippen LogP contribution < -0.4 is 0 Å². The molecule has 0 spiro atoms. The van der Waals surface area contributed by atoms with Crippen LogP contribution in [-0.2, 0) is 4.79 Å². The summed E-state index contributed by atoms with van der Waals surface area (Å²) in [5.74, 6) is 1.41. The van der Waals surface area contributed by atoms with Crippen LogP contribution in [0.1, 0.15) is 34.6 Å². The van der Waals surface area contributed by atoms with E-state index in [2.05, 4.69) is 27.7 Å². The van der Waals surface area contributed by atoms with Crippen molar-refractivity contribution in [2.75, 3.05) is 13.1 Å². The number of amides is 1. The van der Waals surface area contributed by atoms with Crippen LogP contribution in [0.25, 0.3) is 0 Å². The zero-order chi connectivity index (χ0) is 10.2. The molecule has 2 unspecified atom stereocenters. The first-order valence-electron chi connectivity index (χ1n) is 5.11. The Labute approximate surface area is 81.3 Å². The molecule has 0 N–H and O–H groups in total. The second-order valence-electron chi connectivity index (χ2n) is 5.05. The molecule has 0 aliphatic carbocycles. The lowest BCUT2D eigenvalue weighted by Gasteiger charge is -2.47. The standard InChI is InChI=1S/C11H21NO/c1-8-6-12(10(3)13)7-9(2)11(8,4)5/h8-9H,6-7H2,1-5H3. The fourth-order valence-electron chi connectivity index (χ4n) is 1.95. The molecule has 1 rings (SSSR count). The highest BCUT2D eigenvalue weighted by molar-refractivity contribution is 5.73. The van der Waals surface area contributed by atoms with Gasteiger partial charge < -0.3 is 4.90 Å². The molecule has 2 atom stereocenters. The highest BCUT2D eigenvalue weighted by Gasteiger charge is 2.38. The lowest BCUT2D eigenvalue weighted by Crippen LogP contribution is -2.50. The van der Waals surface area contributed by atoms with Gasteiger partial charge in [0.1, 0.15) is 0 Å². The zero-order valence-electron chi connectivity index (χ0n) is 9.42. The maximum atomic E-state index is 11.2. The van der Waals surface area contributed by atoms with E-state index in [-0.39, 0.29) is 5.91 Å². The molecule has 1 aliphatic heterocycles. The van der Waals surface area contributed by atoms with Gasteiger partial charge in [-0.1, -0.05) is 27.7 Å². The van der Waals surface area contributed by atoms with E-state index in [0.29, 0.717) is 17.3 Å². The fourth-order valence-corrected chi connectivity index (χ4v) is 1.95. The number of carbonyl (C=O) groups is 1. The number of piperidine rings is 1. The summed E-state index contributed by atoms with van der Waals surface area (Å²) in [7, 11) is 0. The Morgan fingerprint density at radius 1 is 1.23 bits per heavy atom. The predicted molar refractivity (Wildman–Crippen MR) is 54.4 cm³/mol. The molecule has 0 bridgehead atoms. The number of hydrogen-bond donors (Lipinski definition) is 0. The molecule has 1 fully saturated rings. The third-order valence-electron chi connectivity index (χ3n) is 3.97. The van der Waals surface area contributed by atoms with Gasteiger partial charge in [0.05, 0.1) is 0 Å². The zero-order valence-corrected chi connectivity index (χ0v) is 9.42. The second kappa shape index (κ2) is 3.32. The first-order valence-corrected chi connectivity index (χ1v) is 5.11. The van der Waals surface area contributed by atoms with Crippen molar-refractivity contribution in [1.29, 1.82) is 0 Å².